The Morgan fingerprint density at radius 1 is 1.62 bits per heavy atom. The molecule has 3 heteroatoms. The van der Waals surface area contributed by atoms with Gasteiger partial charge in [-0.25, -0.2) is 0 Å². The van der Waals surface area contributed by atoms with Crippen LogP contribution in [-0.2, 0) is 5.54 Å². The molecule has 3 N–H and O–H groups in total. The van der Waals surface area contributed by atoms with Crippen LogP contribution >= 0.6 is 15.9 Å². The van der Waals surface area contributed by atoms with Crippen LogP contribution < -0.4 is 5.73 Å². The molecule has 0 aliphatic heterocycles. The number of halogens is 1. The molecule has 0 spiro atoms. The molecular formula is C10H12BrNO. The highest BCUT2D eigenvalue weighted by Crippen LogP contribution is 2.30. The van der Waals surface area contributed by atoms with Gasteiger partial charge in [-0.15, -0.1) is 6.58 Å². The van der Waals surface area contributed by atoms with E-state index in [4.69, 9.17) is 5.73 Å². The second-order valence-corrected chi connectivity index (χ2v) is 4.06. The van der Waals surface area contributed by atoms with Crippen molar-refractivity contribution in [2.24, 2.45) is 5.73 Å². The molecule has 1 unspecified atom stereocenters. The molecule has 0 bridgehead atoms. The van der Waals surface area contributed by atoms with Gasteiger partial charge in [0.05, 0.1) is 5.54 Å². The van der Waals surface area contributed by atoms with Crippen LogP contribution in [0, 0.1) is 0 Å². The summed E-state index contributed by atoms with van der Waals surface area (Å²) < 4.78 is 0.888. The summed E-state index contributed by atoms with van der Waals surface area (Å²) in [5.41, 5.74) is 5.87. The van der Waals surface area contributed by atoms with Crippen LogP contribution in [0.25, 0.3) is 0 Å². The number of benzene rings is 1. The third-order valence-corrected chi connectivity index (χ3v) is 2.46. The molecule has 1 aromatic carbocycles. The zero-order valence-electron chi connectivity index (χ0n) is 7.42. The molecule has 2 nitrogen and oxygen atoms in total. The summed E-state index contributed by atoms with van der Waals surface area (Å²) >= 11 is 3.32. The van der Waals surface area contributed by atoms with Crippen molar-refractivity contribution < 1.29 is 5.11 Å². The third-order valence-electron chi connectivity index (χ3n) is 1.96. The first-order valence-electron chi connectivity index (χ1n) is 3.89. The van der Waals surface area contributed by atoms with Crippen molar-refractivity contribution in [1.82, 2.24) is 0 Å². The van der Waals surface area contributed by atoms with Gasteiger partial charge in [0, 0.05) is 10.0 Å². The third kappa shape index (κ3) is 2.11. The summed E-state index contributed by atoms with van der Waals surface area (Å²) in [7, 11) is 0. The molecular weight excluding hydrogens is 230 g/mol. The Kier molecular flexibility index (Phi) is 2.78. The normalized spacial score (nSPS) is 15.0. The van der Waals surface area contributed by atoms with Crippen LogP contribution in [0.15, 0.2) is 35.3 Å². The number of nitrogens with two attached hydrogens (primary N) is 1. The predicted octanol–water partition coefficient (Wildman–Crippen LogP) is 2.51. The van der Waals surface area contributed by atoms with E-state index in [1.54, 1.807) is 31.2 Å². The minimum Gasteiger partial charge on any atom is -0.508 e. The summed E-state index contributed by atoms with van der Waals surface area (Å²) in [6.45, 7) is 5.42. The summed E-state index contributed by atoms with van der Waals surface area (Å²) in [6.07, 6.45) is 1.61. The molecule has 0 radical (unpaired) electrons. The first-order valence-corrected chi connectivity index (χ1v) is 4.68. The van der Waals surface area contributed by atoms with Gasteiger partial charge in [0.1, 0.15) is 5.75 Å². The van der Waals surface area contributed by atoms with Gasteiger partial charge in [-0.3, -0.25) is 0 Å². The van der Waals surface area contributed by atoms with E-state index in [0.29, 0.717) is 5.56 Å². The summed E-state index contributed by atoms with van der Waals surface area (Å²) in [6, 6.07) is 5.16. The Bertz CT molecular complexity index is 334. The van der Waals surface area contributed by atoms with Crippen molar-refractivity contribution >= 4 is 15.9 Å². The standard InChI is InChI=1S/C10H12BrNO/c1-3-10(2,12)8-6-7(11)4-5-9(8)13/h3-6,13H,1,12H2,2H3. The number of phenolic OH excluding ortho intramolecular Hbond substituents is 1. The molecule has 70 valence electrons. The smallest absolute Gasteiger partial charge is 0.121 e. The molecule has 0 fully saturated rings. The van der Waals surface area contributed by atoms with Gasteiger partial charge in [-0.05, 0) is 25.1 Å². The van der Waals surface area contributed by atoms with Gasteiger partial charge in [-0.2, -0.15) is 0 Å². The zero-order chi connectivity index (χ0) is 10.1. The van der Waals surface area contributed by atoms with E-state index in [9.17, 15) is 5.11 Å². The summed E-state index contributed by atoms with van der Waals surface area (Å²) in [5.74, 6) is 0.188. The fraction of sp³-hybridized carbons (Fsp3) is 0.200. The van der Waals surface area contributed by atoms with Crippen molar-refractivity contribution in [2.45, 2.75) is 12.5 Å². The van der Waals surface area contributed by atoms with Crippen LogP contribution in [0.3, 0.4) is 0 Å². The lowest BCUT2D eigenvalue weighted by Crippen LogP contribution is -2.30. The fourth-order valence-electron chi connectivity index (χ4n) is 1.05. The van der Waals surface area contributed by atoms with Crippen molar-refractivity contribution in [1.29, 1.82) is 0 Å². The highest BCUT2D eigenvalue weighted by Gasteiger charge is 2.20. The minimum absolute atomic E-state index is 0.188. The lowest BCUT2D eigenvalue weighted by atomic mass is 9.93. The molecule has 0 aromatic heterocycles. The van der Waals surface area contributed by atoms with Crippen LogP contribution in [0.5, 0.6) is 5.75 Å². The van der Waals surface area contributed by atoms with Gasteiger partial charge in [-0.1, -0.05) is 22.0 Å². The number of aromatic hydroxyl groups is 1. The van der Waals surface area contributed by atoms with Crippen LogP contribution in [-0.4, -0.2) is 5.11 Å². The van der Waals surface area contributed by atoms with Crippen molar-refractivity contribution in [2.75, 3.05) is 0 Å². The van der Waals surface area contributed by atoms with E-state index >= 15 is 0 Å². The molecule has 1 atom stereocenters. The fourth-order valence-corrected chi connectivity index (χ4v) is 1.41. The van der Waals surface area contributed by atoms with E-state index in [0.717, 1.165) is 4.47 Å². The van der Waals surface area contributed by atoms with E-state index in [-0.39, 0.29) is 5.75 Å². The van der Waals surface area contributed by atoms with Gasteiger partial charge in [0.15, 0.2) is 0 Å². The van der Waals surface area contributed by atoms with E-state index < -0.39 is 5.54 Å². The lowest BCUT2D eigenvalue weighted by molar-refractivity contribution is 0.452. The minimum atomic E-state index is -0.701. The van der Waals surface area contributed by atoms with Crippen LogP contribution in [0.4, 0.5) is 0 Å². The number of phenols is 1. The van der Waals surface area contributed by atoms with Crippen LogP contribution in [0.2, 0.25) is 0 Å². The van der Waals surface area contributed by atoms with Crippen molar-refractivity contribution in [3.63, 3.8) is 0 Å². The van der Waals surface area contributed by atoms with Gasteiger partial charge in [0.2, 0.25) is 0 Å². The highest BCUT2D eigenvalue weighted by atomic mass is 79.9. The van der Waals surface area contributed by atoms with Crippen LogP contribution in [0.1, 0.15) is 12.5 Å². The monoisotopic (exact) mass is 241 g/mol. The largest absolute Gasteiger partial charge is 0.508 e. The van der Waals surface area contributed by atoms with Gasteiger partial charge >= 0.3 is 0 Å². The highest BCUT2D eigenvalue weighted by molar-refractivity contribution is 9.10. The SMILES string of the molecule is C=CC(C)(N)c1cc(Br)ccc1O. The summed E-state index contributed by atoms with van der Waals surface area (Å²) in [4.78, 5) is 0. The summed E-state index contributed by atoms with van der Waals surface area (Å²) in [5, 5.41) is 9.55. The quantitative estimate of drug-likeness (QED) is 0.782. The second-order valence-electron chi connectivity index (χ2n) is 3.15. The molecule has 0 heterocycles. The Balaban J connectivity index is 3.28. The average Bonchev–Trinajstić information content (AvgIpc) is 2.09. The first kappa shape index (κ1) is 10.3. The Hall–Kier alpha value is -0.800. The number of hydrogen-bond acceptors (Lipinski definition) is 2. The first-order chi connectivity index (χ1) is 5.97. The molecule has 1 aromatic rings. The topological polar surface area (TPSA) is 46.2 Å². The molecule has 13 heavy (non-hydrogen) atoms. The Labute approximate surface area is 86.2 Å². The maximum Gasteiger partial charge on any atom is 0.121 e. The Morgan fingerprint density at radius 2 is 2.23 bits per heavy atom. The van der Waals surface area contributed by atoms with Gasteiger partial charge in [0.25, 0.3) is 0 Å². The van der Waals surface area contributed by atoms with E-state index in [2.05, 4.69) is 22.5 Å². The average molecular weight is 242 g/mol. The molecule has 0 saturated heterocycles. The maximum atomic E-state index is 9.55. The Morgan fingerprint density at radius 3 is 2.77 bits per heavy atom. The maximum absolute atomic E-state index is 9.55. The molecule has 0 aliphatic carbocycles. The lowest BCUT2D eigenvalue weighted by Gasteiger charge is -2.21. The van der Waals surface area contributed by atoms with Crippen molar-refractivity contribution in [3.8, 4) is 5.75 Å². The van der Waals surface area contributed by atoms with Gasteiger partial charge < -0.3 is 10.8 Å². The van der Waals surface area contributed by atoms with Crippen molar-refractivity contribution in [3.05, 3.63) is 40.9 Å². The molecule has 1 rings (SSSR count). The number of rotatable bonds is 2. The van der Waals surface area contributed by atoms with E-state index in [1.165, 1.54) is 0 Å². The second kappa shape index (κ2) is 3.52. The van der Waals surface area contributed by atoms with E-state index in [1.807, 2.05) is 0 Å². The molecule has 0 aliphatic rings. The predicted molar refractivity (Wildman–Crippen MR) is 57.5 cm³/mol. The molecule has 0 amide bonds. The zero-order valence-corrected chi connectivity index (χ0v) is 9.01. The molecule has 0 saturated carbocycles. The number of hydrogen-bond donors (Lipinski definition) is 2.